The summed E-state index contributed by atoms with van der Waals surface area (Å²) < 4.78 is 0. The van der Waals surface area contributed by atoms with Crippen LogP contribution in [-0.4, -0.2) is 0 Å². The highest BCUT2D eigenvalue weighted by atomic mass is 14.0. The first-order chi connectivity index (χ1) is 11.0. The molecule has 0 heteroatoms. The third-order valence-corrected chi connectivity index (χ3v) is 4.02. The van der Waals surface area contributed by atoms with E-state index < -0.39 is 0 Å². The third kappa shape index (κ3) is 15.4. The van der Waals surface area contributed by atoms with Crippen LogP contribution in [0.3, 0.4) is 0 Å². The molecule has 0 atom stereocenters. The molecule has 0 bridgehead atoms. The van der Waals surface area contributed by atoms with Crippen molar-refractivity contribution in [3.63, 3.8) is 0 Å². The van der Waals surface area contributed by atoms with Crippen molar-refractivity contribution in [1.82, 2.24) is 0 Å². The van der Waals surface area contributed by atoms with Crippen molar-refractivity contribution in [1.29, 1.82) is 0 Å². The maximum Gasteiger partial charge on any atom is -0.0288 e. The Balaban J connectivity index is 3.93. The smallest absolute Gasteiger partial charge is 0.0288 e. The summed E-state index contributed by atoms with van der Waals surface area (Å²) in [7, 11) is 0. The lowest BCUT2D eigenvalue weighted by molar-refractivity contribution is 0.902. The molecular weight excluding hydrogens is 276 g/mol. The molecule has 0 spiro atoms. The molecule has 0 saturated carbocycles. The lowest BCUT2D eigenvalue weighted by Crippen LogP contribution is -1.81. The molecule has 0 amide bonds. The Morgan fingerprint density at radius 2 is 0.957 bits per heavy atom. The monoisotopic (exact) mass is 314 g/mol. The average molecular weight is 315 g/mol. The molecule has 0 aromatic rings. The van der Waals surface area contributed by atoms with Gasteiger partial charge in [-0.25, -0.2) is 0 Å². The van der Waals surface area contributed by atoms with Crippen molar-refractivity contribution in [3.8, 4) is 0 Å². The summed E-state index contributed by atoms with van der Waals surface area (Å²) in [6, 6.07) is 0. The summed E-state index contributed by atoms with van der Waals surface area (Å²) in [5.74, 6) is 0. The fraction of sp³-hybridized carbons (Fsp3) is 0.565. The Hall–Kier alpha value is -1.30. The van der Waals surface area contributed by atoms with Gasteiger partial charge < -0.3 is 0 Å². The second-order valence-electron chi connectivity index (χ2n) is 6.91. The molecule has 0 aliphatic carbocycles. The van der Waals surface area contributed by atoms with Crippen LogP contribution >= 0.6 is 0 Å². The topological polar surface area (TPSA) is 0 Å². The summed E-state index contributed by atoms with van der Waals surface area (Å²) in [5, 5.41) is 0. The van der Waals surface area contributed by atoms with Crippen molar-refractivity contribution in [2.24, 2.45) is 0 Å². The van der Waals surface area contributed by atoms with Crippen LogP contribution < -0.4 is 0 Å². The Bertz CT molecular complexity index is 437. The average Bonchev–Trinajstić information content (AvgIpc) is 2.49. The van der Waals surface area contributed by atoms with Gasteiger partial charge in [-0.1, -0.05) is 52.7 Å². The Kier molecular flexibility index (Phi) is 13.5. The van der Waals surface area contributed by atoms with Gasteiger partial charge in [-0.15, -0.1) is 6.58 Å². The van der Waals surface area contributed by atoms with Crippen LogP contribution in [-0.2, 0) is 0 Å². The molecule has 0 heterocycles. The highest BCUT2D eigenvalue weighted by molar-refractivity contribution is 5.06. The molecule has 0 N–H and O–H groups in total. The van der Waals surface area contributed by atoms with Crippen molar-refractivity contribution < 1.29 is 0 Å². The van der Waals surface area contributed by atoms with E-state index in [9.17, 15) is 0 Å². The Morgan fingerprint density at radius 3 is 1.39 bits per heavy atom. The fourth-order valence-electron chi connectivity index (χ4n) is 2.43. The lowest BCUT2D eigenvalue weighted by Gasteiger charge is -2.02. The molecule has 0 aliphatic heterocycles. The maximum atomic E-state index is 3.77. The number of rotatable bonds is 12. The van der Waals surface area contributed by atoms with E-state index in [2.05, 4.69) is 65.5 Å². The van der Waals surface area contributed by atoms with Gasteiger partial charge in [0, 0.05) is 0 Å². The SMILES string of the molecule is C=CCC/C(C)=C/CC/C=C(\C)CC/C=C(\C)CCC=C(C)C. The van der Waals surface area contributed by atoms with Gasteiger partial charge >= 0.3 is 0 Å². The second-order valence-corrected chi connectivity index (χ2v) is 6.91. The van der Waals surface area contributed by atoms with Crippen molar-refractivity contribution in [3.05, 3.63) is 59.3 Å². The molecule has 0 unspecified atom stereocenters. The molecule has 0 fully saturated rings. The molecule has 0 rings (SSSR count). The van der Waals surface area contributed by atoms with E-state index in [0.29, 0.717) is 0 Å². The quantitative estimate of drug-likeness (QED) is 0.252. The predicted molar refractivity (Wildman–Crippen MR) is 108 cm³/mol. The number of unbranched alkanes of at least 4 members (excludes halogenated alkanes) is 1. The first-order valence-corrected chi connectivity index (χ1v) is 9.16. The first-order valence-electron chi connectivity index (χ1n) is 9.16. The van der Waals surface area contributed by atoms with Gasteiger partial charge in [-0.3, -0.25) is 0 Å². The van der Waals surface area contributed by atoms with Crippen LogP contribution in [0, 0.1) is 0 Å². The minimum atomic E-state index is 1.09. The number of hydrogen-bond acceptors (Lipinski definition) is 0. The zero-order chi connectivity index (χ0) is 17.5. The number of hydrogen-bond donors (Lipinski definition) is 0. The van der Waals surface area contributed by atoms with E-state index in [1.807, 2.05) is 6.08 Å². The Morgan fingerprint density at radius 1 is 0.565 bits per heavy atom. The van der Waals surface area contributed by atoms with Crippen LogP contribution in [0.15, 0.2) is 59.3 Å². The van der Waals surface area contributed by atoms with Crippen molar-refractivity contribution >= 4 is 0 Å². The molecule has 0 nitrogen and oxygen atoms in total. The van der Waals surface area contributed by atoms with Gasteiger partial charge in [-0.2, -0.15) is 0 Å². The third-order valence-electron chi connectivity index (χ3n) is 4.02. The second kappa shape index (κ2) is 14.3. The molecule has 0 aromatic heterocycles. The summed E-state index contributed by atoms with van der Waals surface area (Å²) in [6.45, 7) is 14.9. The molecular formula is C23H38. The highest BCUT2D eigenvalue weighted by Crippen LogP contribution is 2.13. The van der Waals surface area contributed by atoms with E-state index in [0.717, 1.165) is 19.3 Å². The van der Waals surface area contributed by atoms with Gasteiger partial charge in [0.2, 0.25) is 0 Å². The van der Waals surface area contributed by atoms with Crippen LogP contribution in [0.25, 0.3) is 0 Å². The summed E-state index contributed by atoms with van der Waals surface area (Å²) in [4.78, 5) is 0. The van der Waals surface area contributed by atoms with Crippen molar-refractivity contribution in [2.45, 2.75) is 86.0 Å². The number of allylic oxidation sites excluding steroid dienone is 9. The predicted octanol–water partition coefficient (Wildman–Crippen LogP) is 8.10. The summed E-state index contributed by atoms with van der Waals surface area (Å²) in [6.07, 6.45) is 20.8. The lowest BCUT2D eigenvalue weighted by atomic mass is 10.0. The van der Waals surface area contributed by atoms with E-state index >= 15 is 0 Å². The summed E-state index contributed by atoms with van der Waals surface area (Å²) in [5.41, 5.74) is 5.96. The molecule has 130 valence electrons. The largest absolute Gasteiger partial charge is 0.103 e. The van der Waals surface area contributed by atoms with Crippen LogP contribution in [0.1, 0.15) is 86.0 Å². The molecule has 0 aliphatic rings. The fourth-order valence-corrected chi connectivity index (χ4v) is 2.43. The van der Waals surface area contributed by atoms with Crippen LogP contribution in [0.5, 0.6) is 0 Å². The van der Waals surface area contributed by atoms with E-state index in [-0.39, 0.29) is 0 Å². The summed E-state index contributed by atoms with van der Waals surface area (Å²) >= 11 is 0. The standard InChI is InChI=1S/C23H38/c1-7-8-14-21(4)15-9-10-16-22(5)18-12-19-23(6)17-11-13-20(2)3/h7,13,15-16,19H,1,8-12,14,17-18H2,2-6H3/b21-15+,22-16+,23-19+. The minimum Gasteiger partial charge on any atom is -0.103 e. The minimum absolute atomic E-state index is 1.09. The maximum absolute atomic E-state index is 3.77. The highest BCUT2D eigenvalue weighted by Gasteiger charge is 1.92. The van der Waals surface area contributed by atoms with Crippen molar-refractivity contribution in [2.75, 3.05) is 0 Å². The zero-order valence-electron chi connectivity index (χ0n) is 16.3. The van der Waals surface area contributed by atoms with E-state index in [1.54, 1.807) is 0 Å². The van der Waals surface area contributed by atoms with Gasteiger partial charge in [0.1, 0.15) is 0 Å². The molecule has 0 saturated heterocycles. The van der Waals surface area contributed by atoms with Gasteiger partial charge in [0.05, 0.1) is 0 Å². The first kappa shape index (κ1) is 21.7. The van der Waals surface area contributed by atoms with Gasteiger partial charge in [0.15, 0.2) is 0 Å². The van der Waals surface area contributed by atoms with E-state index in [1.165, 1.54) is 54.4 Å². The van der Waals surface area contributed by atoms with Gasteiger partial charge in [0.25, 0.3) is 0 Å². The Labute approximate surface area is 145 Å². The van der Waals surface area contributed by atoms with Gasteiger partial charge in [-0.05, 0) is 86.0 Å². The normalized spacial score (nSPS) is 13.2. The van der Waals surface area contributed by atoms with E-state index in [4.69, 9.17) is 0 Å². The molecule has 0 radical (unpaired) electrons. The molecule has 23 heavy (non-hydrogen) atoms. The van der Waals surface area contributed by atoms with Crippen LogP contribution in [0.2, 0.25) is 0 Å². The zero-order valence-corrected chi connectivity index (χ0v) is 16.3. The van der Waals surface area contributed by atoms with Crippen LogP contribution in [0.4, 0.5) is 0 Å². The molecule has 0 aromatic carbocycles.